The zero-order chi connectivity index (χ0) is 17.0. The minimum Gasteiger partial charge on any atom is -0.481 e. The molecule has 6 nitrogen and oxygen atoms in total. The van der Waals surface area contributed by atoms with E-state index in [2.05, 4.69) is 5.32 Å². The number of nitrogens with zero attached hydrogens (tertiary/aromatic N) is 1. The maximum Gasteiger partial charge on any atom is 0.315 e. The summed E-state index contributed by atoms with van der Waals surface area (Å²) >= 11 is 0. The average Bonchev–Trinajstić information content (AvgIpc) is 2.54. The van der Waals surface area contributed by atoms with E-state index in [1.54, 1.807) is 11.0 Å². The second-order valence-corrected chi connectivity index (χ2v) is 5.95. The first-order valence-corrected chi connectivity index (χ1v) is 7.78. The lowest BCUT2D eigenvalue weighted by molar-refractivity contribution is -0.150. The lowest BCUT2D eigenvalue weighted by Crippen LogP contribution is -2.48. The number of aryl methyl sites for hydroxylation is 1. The van der Waals surface area contributed by atoms with Crippen LogP contribution < -0.4 is 5.32 Å². The number of likely N-dealkylation sites (tertiary alicyclic amines) is 1. The van der Waals surface area contributed by atoms with Gasteiger partial charge < -0.3 is 15.3 Å². The Labute approximate surface area is 135 Å². The van der Waals surface area contributed by atoms with Crippen molar-refractivity contribution in [2.24, 2.45) is 5.92 Å². The summed E-state index contributed by atoms with van der Waals surface area (Å²) in [7, 11) is 0. The molecule has 2 N–H and O–H groups in total. The number of aliphatic carboxylic acids is 1. The van der Waals surface area contributed by atoms with Gasteiger partial charge >= 0.3 is 5.97 Å². The summed E-state index contributed by atoms with van der Waals surface area (Å²) in [6.45, 7) is 4.23. The van der Waals surface area contributed by atoms with Crippen molar-refractivity contribution in [3.63, 3.8) is 0 Å². The van der Waals surface area contributed by atoms with Gasteiger partial charge in [0.25, 0.3) is 5.91 Å². The molecule has 1 saturated heterocycles. The normalized spacial score (nSPS) is 16.7. The highest BCUT2D eigenvalue weighted by Crippen LogP contribution is 2.15. The molecule has 1 aromatic carbocycles. The molecule has 2 amide bonds. The molecule has 1 atom stereocenters. The molecule has 0 saturated carbocycles. The van der Waals surface area contributed by atoms with Crippen LogP contribution in [-0.2, 0) is 9.59 Å². The monoisotopic (exact) mass is 318 g/mol. The Morgan fingerprint density at radius 2 is 1.83 bits per heavy atom. The molecule has 23 heavy (non-hydrogen) atoms. The highest BCUT2D eigenvalue weighted by atomic mass is 16.4. The van der Waals surface area contributed by atoms with E-state index in [1.165, 1.54) is 6.92 Å². The van der Waals surface area contributed by atoms with E-state index in [0.717, 1.165) is 5.56 Å². The Kier molecular flexibility index (Phi) is 5.36. The SMILES string of the molecule is Cc1ccccc1C(=O)NC1CCN(C(=O)C(C)C(=O)O)CC1. The van der Waals surface area contributed by atoms with Crippen LogP contribution in [0.2, 0.25) is 0 Å². The van der Waals surface area contributed by atoms with Gasteiger partial charge in [-0.05, 0) is 38.3 Å². The van der Waals surface area contributed by atoms with Crippen LogP contribution in [0.4, 0.5) is 0 Å². The van der Waals surface area contributed by atoms with Crippen molar-refractivity contribution in [1.29, 1.82) is 0 Å². The molecule has 2 rings (SSSR count). The van der Waals surface area contributed by atoms with Gasteiger partial charge in [0.05, 0.1) is 0 Å². The fraction of sp³-hybridized carbons (Fsp3) is 0.471. The summed E-state index contributed by atoms with van der Waals surface area (Å²) in [5.41, 5.74) is 1.58. The molecule has 1 heterocycles. The van der Waals surface area contributed by atoms with E-state index >= 15 is 0 Å². The Morgan fingerprint density at radius 1 is 1.22 bits per heavy atom. The van der Waals surface area contributed by atoms with Crippen LogP contribution in [0.5, 0.6) is 0 Å². The highest BCUT2D eigenvalue weighted by molar-refractivity contribution is 5.97. The van der Waals surface area contributed by atoms with E-state index in [4.69, 9.17) is 5.11 Å². The van der Waals surface area contributed by atoms with Crippen molar-refractivity contribution in [3.05, 3.63) is 35.4 Å². The number of carbonyl (C=O) groups excluding carboxylic acids is 2. The predicted molar refractivity (Wildman–Crippen MR) is 85.0 cm³/mol. The number of piperidine rings is 1. The van der Waals surface area contributed by atoms with E-state index in [9.17, 15) is 14.4 Å². The van der Waals surface area contributed by atoms with Gasteiger partial charge in [-0.25, -0.2) is 0 Å². The third kappa shape index (κ3) is 4.09. The third-order valence-corrected chi connectivity index (χ3v) is 4.27. The number of carboxylic acid groups (broad SMARTS) is 1. The first kappa shape index (κ1) is 17.0. The van der Waals surface area contributed by atoms with Gasteiger partial charge in [-0.1, -0.05) is 18.2 Å². The molecule has 1 aliphatic heterocycles. The molecule has 0 aliphatic carbocycles. The molecule has 0 aromatic heterocycles. The highest BCUT2D eigenvalue weighted by Gasteiger charge is 2.30. The number of hydrogen-bond acceptors (Lipinski definition) is 3. The van der Waals surface area contributed by atoms with Crippen molar-refractivity contribution >= 4 is 17.8 Å². The topological polar surface area (TPSA) is 86.7 Å². The first-order chi connectivity index (χ1) is 10.9. The van der Waals surface area contributed by atoms with Crippen LogP contribution in [0.15, 0.2) is 24.3 Å². The van der Waals surface area contributed by atoms with Crippen LogP contribution in [0.1, 0.15) is 35.7 Å². The maximum atomic E-state index is 12.3. The zero-order valence-electron chi connectivity index (χ0n) is 13.4. The molecule has 1 unspecified atom stereocenters. The van der Waals surface area contributed by atoms with Crippen molar-refractivity contribution < 1.29 is 19.5 Å². The number of nitrogens with one attached hydrogen (secondary N) is 1. The summed E-state index contributed by atoms with van der Waals surface area (Å²) in [4.78, 5) is 36.7. The second kappa shape index (κ2) is 7.26. The second-order valence-electron chi connectivity index (χ2n) is 5.95. The average molecular weight is 318 g/mol. The molecule has 6 heteroatoms. The third-order valence-electron chi connectivity index (χ3n) is 4.27. The lowest BCUT2D eigenvalue weighted by Gasteiger charge is -2.33. The number of benzene rings is 1. The van der Waals surface area contributed by atoms with Crippen LogP contribution in [-0.4, -0.2) is 46.9 Å². The molecule has 1 aliphatic rings. The van der Waals surface area contributed by atoms with Crippen molar-refractivity contribution in [2.45, 2.75) is 32.7 Å². The Hall–Kier alpha value is -2.37. The fourth-order valence-electron chi connectivity index (χ4n) is 2.71. The van der Waals surface area contributed by atoms with Gasteiger partial charge in [0, 0.05) is 24.7 Å². The molecule has 0 spiro atoms. The number of rotatable bonds is 4. The van der Waals surface area contributed by atoms with Crippen LogP contribution >= 0.6 is 0 Å². The van der Waals surface area contributed by atoms with E-state index in [0.29, 0.717) is 31.5 Å². The first-order valence-electron chi connectivity index (χ1n) is 7.78. The largest absolute Gasteiger partial charge is 0.481 e. The number of carboxylic acids is 1. The molecule has 1 aromatic rings. The summed E-state index contributed by atoms with van der Waals surface area (Å²) in [6.07, 6.45) is 1.27. The van der Waals surface area contributed by atoms with Crippen LogP contribution in [0.3, 0.4) is 0 Å². The van der Waals surface area contributed by atoms with Gasteiger partial charge in [0.1, 0.15) is 5.92 Å². The number of carbonyl (C=O) groups is 3. The zero-order valence-corrected chi connectivity index (χ0v) is 13.4. The van der Waals surface area contributed by atoms with Crippen molar-refractivity contribution in [1.82, 2.24) is 10.2 Å². The molecule has 0 radical (unpaired) electrons. The van der Waals surface area contributed by atoms with Crippen molar-refractivity contribution in [2.75, 3.05) is 13.1 Å². The van der Waals surface area contributed by atoms with Crippen LogP contribution in [0.25, 0.3) is 0 Å². The molecular weight excluding hydrogens is 296 g/mol. The molecular formula is C17H22N2O4. The summed E-state index contributed by atoms with van der Waals surface area (Å²) in [5.74, 6) is -2.59. The van der Waals surface area contributed by atoms with Gasteiger partial charge in [0.2, 0.25) is 5.91 Å². The van der Waals surface area contributed by atoms with Crippen molar-refractivity contribution in [3.8, 4) is 0 Å². The maximum absolute atomic E-state index is 12.3. The Balaban J connectivity index is 1.88. The summed E-state index contributed by atoms with van der Waals surface area (Å²) < 4.78 is 0. The van der Waals surface area contributed by atoms with E-state index < -0.39 is 11.9 Å². The number of amides is 2. The smallest absolute Gasteiger partial charge is 0.315 e. The summed E-state index contributed by atoms with van der Waals surface area (Å²) in [6, 6.07) is 7.41. The molecule has 1 fully saturated rings. The fourth-order valence-corrected chi connectivity index (χ4v) is 2.71. The predicted octanol–water partition coefficient (Wildman–Crippen LogP) is 1.44. The Bertz CT molecular complexity index is 606. The van der Waals surface area contributed by atoms with Gasteiger partial charge in [-0.2, -0.15) is 0 Å². The van der Waals surface area contributed by atoms with E-state index in [1.807, 2.05) is 25.1 Å². The Morgan fingerprint density at radius 3 is 2.39 bits per heavy atom. The molecule has 124 valence electrons. The molecule has 0 bridgehead atoms. The quantitative estimate of drug-likeness (QED) is 0.822. The standard InChI is InChI=1S/C17H22N2O4/c1-11-5-3-4-6-14(11)15(20)18-13-7-9-19(10-8-13)16(21)12(2)17(22)23/h3-6,12-13H,7-10H2,1-2H3,(H,18,20)(H,22,23). The number of hydrogen-bond donors (Lipinski definition) is 2. The lowest BCUT2D eigenvalue weighted by atomic mass is 10.0. The summed E-state index contributed by atoms with van der Waals surface area (Å²) in [5, 5.41) is 11.9. The minimum absolute atomic E-state index is 0.00582. The minimum atomic E-state index is -1.11. The van der Waals surface area contributed by atoms with Crippen LogP contribution in [0, 0.1) is 12.8 Å². The van der Waals surface area contributed by atoms with Gasteiger partial charge in [-0.3, -0.25) is 14.4 Å². The van der Waals surface area contributed by atoms with E-state index in [-0.39, 0.29) is 17.9 Å². The van der Waals surface area contributed by atoms with Gasteiger partial charge in [-0.15, -0.1) is 0 Å². The van der Waals surface area contributed by atoms with Gasteiger partial charge in [0.15, 0.2) is 0 Å².